The van der Waals surface area contributed by atoms with Crippen molar-refractivity contribution < 1.29 is 15.0 Å². The molecular weight excluding hydrogens is 244 g/mol. The third-order valence-corrected chi connectivity index (χ3v) is 3.04. The Bertz CT molecular complexity index is 444. The molecule has 0 atom stereocenters. The Morgan fingerprint density at radius 3 is 2.74 bits per heavy atom. The van der Waals surface area contributed by atoms with Gasteiger partial charge in [-0.3, -0.25) is 4.98 Å². The average Bonchev–Trinajstić information content (AvgIpc) is 2.34. The molecule has 0 saturated carbocycles. The average molecular weight is 266 g/mol. The highest BCUT2D eigenvalue weighted by Crippen LogP contribution is 2.24. The monoisotopic (exact) mass is 266 g/mol. The molecule has 19 heavy (non-hydrogen) atoms. The molecule has 5 nitrogen and oxygen atoms in total. The normalized spacial score (nSPS) is 11.4. The minimum atomic E-state index is -0.983. The van der Waals surface area contributed by atoms with Gasteiger partial charge in [-0.1, -0.05) is 13.8 Å². The zero-order chi connectivity index (χ0) is 14.5. The summed E-state index contributed by atoms with van der Waals surface area (Å²) in [4.78, 5) is 15.1. The lowest BCUT2D eigenvalue weighted by Crippen LogP contribution is -2.24. The van der Waals surface area contributed by atoms with E-state index < -0.39 is 5.97 Å². The summed E-state index contributed by atoms with van der Waals surface area (Å²) in [6, 6.07) is 1.74. The summed E-state index contributed by atoms with van der Waals surface area (Å²) >= 11 is 0. The van der Waals surface area contributed by atoms with Crippen molar-refractivity contribution in [1.29, 1.82) is 0 Å². The third kappa shape index (κ3) is 4.87. The fourth-order valence-electron chi connectivity index (χ4n) is 1.86. The summed E-state index contributed by atoms with van der Waals surface area (Å²) in [6.45, 7) is 6.83. The number of aliphatic hydroxyl groups is 1. The Hall–Kier alpha value is -1.62. The minimum Gasteiger partial charge on any atom is -0.478 e. The van der Waals surface area contributed by atoms with Crippen LogP contribution in [-0.4, -0.2) is 34.3 Å². The van der Waals surface area contributed by atoms with Gasteiger partial charge in [-0.2, -0.15) is 0 Å². The van der Waals surface area contributed by atoms with Gasteiger partial charge in [-0.15, -0.1) is 0 Å². The second-order valence-corrected chi connectivity index (χ2v) is 5.52. The van der Waals surface area contributed by atoms with E-state index in [0.717, 1.165) is 18.5 Å². The van der Waals surface area contributed by atoms with Gasteiger partial charge in [0.1, 0.15) is 5.56 Å². The van der Waals surface area contributed by atoms with E-state index >= 15 is 0 Å². The zero-order valence-corrected chi connectivity index (χ0v) is 11.7. The summed E-state index contributed by atoms with van der Waals surface area (Å²) in [5.41, 5.74) is 1.55. The summed E-state index contributed by atoms with van der Waals surface area (Å²) in [6.07, 6.45) is 3.00. The summed E-state index contributed by atoms with van der Waals surface area (Å²) < 4.78 is 0. The van der Waals surface area contributed by atoms with Crippen LogP contribution in [0.3, 0.4) is 0 Å². The number of nitrogens with one attached hydrogen (secondary N) is 1. The second-order valence-electron chi connectivity index (χ2n) is 5.52. The maximum absolute atomic E-state index is 11.1. The molecule has 1 heterocycles. The Labute approximate surface area is 113 Å². The maximum Gasteiger partial charge on any atom is 0.339 e. The number of pyridine rings is 1. The lowest BCUT2D eigenvalue weighted by Gasteiger charge is -2.25. The molecule has 1 rings (SSSR count). The highest BCUT2D eigenvalue weighted by molar-refractivity contribution is 5.93. The van der Waals surface area contributed by atoms with Gasteiger partial charge >= 0.3 is 5.97 Å². The Kier molecular flexibility index (Phi) is 5.30. The fourth-order valence-corrected chi connectivity index (χ4v) is 1.86. The van der Waals surface area contributed by atoms with E-state index in [2.05, 4.69) is 24.1 Å². The molecule has 106 valence electrons. The number of aliphatic hydroxyl groups excluding tert-OH is 1. The molecule has 1 aromatic rings. The summed E-state index contributed by atoms with van der Waals surface area (Å²) in [5.74, 6) is -0.983. The fraction of sp³-hybridized carbons (Fsp3) is 0.571. The van der Waals surface area contributed by atoms with Crippen LogP contribution in [0.25, 0.3) is 0 Å². The molecule has 3 N–H and O–H groups in total. The number of rotatable bonds is 7. The van der Waals surface area contributed by atoms with Crippen LogP contribution in [0.15, 0.2) is 12.3 Å². The molecule has 1 aromatic heterocycles. The summed E-state index contributed by atoms with van der Waals surface area (Å²) in [5, 5.41) is 21.2. The highest BCUT2D eigenvalue weighted by atomic mass is 16.4. The number of carbonyl (C=O) groups is 1. The van der Waals surface area contributed by atoms with Crippen molar-refractivity contribution in [3.05, 3.63) is 23.5 Å². The molecule has 5 heteroatoms. The van der Waals surface area contributed by atoms with E-state index in [1.807, 2.05) is 6.92 Å². The van der Waals surface area contributed by atoms with Gasteiger partial charge in [-0.25, -0.2) is 4.79 Å². The molecule has 0 aromatic carbocycles. The Morgan fingerprint density at radius 2 is 2.16 bits per heavy atom. The van der Waals surface area contributed by atoms with E-state index in [4.69, 9.17) is 10.2 Å². The minimum absolute atomic E-state index is 0.00429. The molecule has 0 aliphatic heterocycles. The van der Waals surface area contributed by atoms with E-state index in [-0.39, 0.29) is 17.6 Å². The van der Waals surface area contributed by atoms with Gasteiger partial charge in [0.25, 0.3) is 0 Å². The van der Waals surface area contributed by atoms with Crippen LogP contribution in [0.1, 0.15) is 42.7 Å². The van der Waals surface area contributed by atoms with Crippen LogP contribution in [0.5, 0.6) is 0 Å². The molecule has 0 amide bonds. The van der Waals surface area contributed by atoms with Crippen molar-refractivity contribution in [2.75, 3.05) is 18.5 Å². The van der Waals surface area contributed by atoms with Gasteiger partial charge < -0.3 is 15.5 Å². The maximum atomic E-state index is 11.1. The van der Waals surface area contributed by atoms with Crippen molar-refractivity contribution in [3.8, 4) is 0 Å². The number of aromatic carboxylic acids is 1. The molecular formula is C14H22N2O3. The molecule has 0 aliphatic rings. The lowest BCUT2D eigenvalue weighted by atomic mass is 9.88. The van der Waals surface area contributed by atoms with Crippen molar-refractivity contribution in [2.24, 2.45) is 5.41 Å². The molecule has 0 bridgehead atoms. The Balaban J connectivity index is 2.76. The molecule has 0 fully saturated rings. The Morgan fingerprint density at radius 1 is 1.47 bits per heavy atom. The molecule has 0 radical (unpaired) electrons. The zero-order valence-electron chi connectivity index (χ0n) is 11.7. The number of nitrogens with zero attached hydrogens (tertiary/aromatic N) is 1. The van der Waals surface area contributed by atoms with Crippen molar-refractivity contribution >= 4 is 11.7 Å². The number of carboxylic acids is 1. The lowest BCUT2D eigenvalue weighted by molar-refractivity contribution is 0.0697. The quantitative estimate of drug-likeness (QED) is 0.705. The number of anilines is 1. The first kappa shape index (κ1) is 15.4. The van der Waals surface area contributed by atoms with Crippen LogP contribution in [0.2, 0.25) is 0 Å². The van der Waals surface area contributed by atoms with Crippen molar-refractivity contribution in [3.63, 3.8) is 0 Å². The molecule has 0 unspecified atom stereocenters. The number of aryl methyl sites for hydroxylation is 1. The second kappa shape index (κ2) is 6.52. The molecule has 0 saturated heterocycles. The largest absolute Gasteiger partial charge is 0.478 e. The van der Waals surface area contributed by atoms with Gasteiger partial charge in [0.05, 0.1) is 5.69 Å². The predicted molar refractivity (Wildman–Crippen MR) is 74.5 cm³/mol. The van der Waals surface area contributed by atoms with Crippen LogP contribution in [-0.2, 0) is 0 Å². The topological polar surface area (TPSA) is 82.5 Å². The van der Waals surface area contributed by atoms with E-state index in [1.165, 1.54) is 6.20 Å². The van der Waals surface area contributed by atoms with E-state index in [1.54, 1.807) is 6.07 Å². The first-order valence-electron chi connectivity index (χ1n) is 6.40. The third-order valence-electron chi connectivity index (χ3n) is 3.04. The smallest absolute Gasteiger partial charge is 0.339 e. The standard InChI is InChI=1S/C14H22N2O3/c1-10-7-12(11(8-15-10)13(18)19)16-9-14(2,3)5-4-6-17/h7-8,17H,4-6,9H2,1-3H3,(H,15,16)(H,18,19). The number of aromatic nitrogens is 1. The van der Waals surface area contributed by atoms with E-state index in [0.29, 0.717) is 12.2 Å². The number of hydrogen-bond acceptors (Lipinski definition) is 4. The van der Waals surface area contributed by atoms with Gasteiger partial charge in [0.2, 0.25) is 0 Å². The van der Waals surface area contributed by atoms with Crippen LogP contribution in [0, 0.1) is 12.3 Å². The highest BCUT2D eigenvalue weighted by Gasteiger charge is 2.19. The predicted octanol–water partition coefficient (Wildman–Crippen LogP) is 2.30. The molecule has 0 aliphatic carbocycles. The molecule has 0 spiro atoms. The van der Waals surface area contributed by atoms with Gasteiger partial charge in [0, 0.05) is 25.0 Å². The van der Waals surface area contributed by atoms with Crippen LogP contribution in [0.4, 0.5) is 5.69 Å². The van der Waals surface area contributed by atoms with Crippen molar-refractivity contribution in [2.45, 2.75) is 33.6 Å². The van der Waals surface area contributed by atoms with Crippen molar-refractivity contribution in [1.82, 2.24) is 4.98 Å². The van der Waals surface area contributed by atoms with Gasteiger partial charge in [0.15, 0.2) is 0 Å². The number of hydrogen-bond donors (Lipinski definition) is 3. The van der Waals surface area contributed by atoms with E-state index in [9.17, 15) is 4.79 Å². The SMILES string of the molecule is Cc1cc(NCC(C)(C)CCCO)c(C(=O)O)cn1. The number of carboxylic acid groups (broad SMARTS) is 1. The van der Waals surface area contributed by atoms with Gasteiger partial charge in [-0.05, 0) is 31.2 Å². The first-order valence-corrected chi connectivity index (χ1v) is 6.40. The first-order chi connectivity index (χ1) is 8.85. The van der Waals surface area contributed by atoms with Crippen LogP contribution < -0.4 is 5.32 Å². The van der Waals surface area contributed by atoms with Crippen LogP contribution >= 0.6 is 0 Å². The summed E-state index contributed by atoms with van der Waals surface area (Å²) in [7, 11) is 0.